The summed E-state index contributed by atoms with van der Waals surface area (Å²) in [4.78, 5) is 0. The quantitative estimate of drug-likeness (QED) is 0.780. The first-order valence-corrected chi connectivity index (χ1v) is 5.69. The molecule has 0 unspecified atom stereocenters. The largest absolute Gasteiger partial charge is 0.175 e. The fraction of sp³-hybridized carbons (Fsp3) is 0.111. The molecule has 0 saturated heterocycles. The average Bonchev–Trinajstić information content (AvgIpc) is 2.04. The highest BCUT2D eigenvalue weighted by atomic mass is 79.9. The summed E-state index contributed by atoms with van der Waals surface area (Å²) in [6, 6.07) is 6.03. The van der Waals surface area contributed by atoms with E-state index in [1.54, 1.807) is 0 Å². The van der Waals surface area contributed by atoms with Crippen molar-refractivity contribution in [2.75, 3.05) is 5.75 Å². The van der Waals surface area contributed by atoms with E-state index in [0.29, 0.717) is 0 Å². The van der Waals surface area contributed by atoms with E-state index in [9.17, 15) is 0 Å². The standard InChI is InChI=1S/C9H8Br2S/c10-8-4-1-5-9(11)7(8)3-2-6-12/h1-5,12H,6H2. The molecule has 0 bridgehead atoms. The monoisotopic (exact) mass is 306 g/mol. The second kappa shape index (κ2) is 5.10. The van der Waals surface area contributed by atoms with E-state index in [1.165, 1.54) is 0 Å². The number of hydrogen-bond donors (Lipinski definition) is 1. The second-order valence-corrected chi connectivity index (χ2v) is 4.29. The SMILES string of the molecule is SCC=Cc1c(Br)cccc1Br. The average molecular weight is 308 g/mol. The van der Waals surface area contributed by atoms with Crippen molar-refractivity contribution in [2.24, 2.45) is 0 Å². The minimum absolute atomic E-state index is 0.758. The molecular formula is C9H8Br2S. The van der Waals surface area contributed by atoms with Crippen LogP contribution in [0.2, 0.25) is 0 Å². The molecule has 0 amide bonds. The van der Waals surface area contributed by atoms with E-state index in [-0.39, 0.29) is 0 Å². The van der Waals surface area contributed by atoms with E-state index in [4.69, 9.17) is 0 Å². The van der Waals surface area contributed by atoms with Gasteiger partial charge in [0.15, 0.2) is 0 Å². The molecule has 1 aromatic rings. The molecule has 0 heterocycles. The van der Waals surface area contributed by atoms with E-state index < -0.39 is 0 Å². The van der Waals surface area contributed by atoms with Crippen LogP contribution in [0.15, 0.2) is 33.2 Å². The molecule has 0 aliphatic heterocycles. The van der Waals surface area contributed by atoms with Gasteiger partial charge in [-0.1, -0.05) is 50.1 Å². The number of rotatable bonds is 2. The van der Waals surface area contributed by atoms with Crippen molar-refractivity contribution in [1.82, 2.24) is 0 Å². The van der Waals surface area contributed by atoms with Crippen molar-refractivity contribution >= 4 is 50.6 Å². The molecule has 1 rings (SSSR count). The molecule has 0 aromatic heterocycles. The molecule has 3 heteroatoms. The van der Waals surface area contributed by atoms with Crippen molar-refractivity contribution in [1.29, 1.82) is 0 Å². The van der Waals surface area contributed by atoms with Crippen LogP contribution in [-0.2, 0) is 0 Å². The van der Waals surface area contributed by atoms with Crippen molar-refractivity contribution < 1.29 is 0 Å². The summed E-state index contributed by atoms with van der Waals surface area (Å²) in [5.41, 5.74) is 1.16. The first kappa shape index (κ1) is 10.4. The third-order valence-corrected chi connectivity index (χ3v) is 2.98. The van der Waals surface area contributed by atoms with E-state index >= 15 is 0 Å². The van der Waals surface area contributed by atoms with Crippen LogP contribution in [0.25, 0.3) is 6.08 Å². The Morgan fingerprint density at radius 1 is 1.25 bits per heavy atom. The maximum Gasteiger partial charge on any atom is 0.0258 e. The molecule has 0 atom stereocenters. The fourth-order valence-electron chi connectivity index (χ4n) is 0.840. The second-order valence-electron chi connectivity index (χ2n) is 2.22. The van der Waals surface area contributed by atoms with Gasteiger partial charge in [-0.15, -0.1) is 0 Å². The Morgan fingerprint density at radius 3 is 2.33 bits per heavy atom. The summed E-state index contributed by atoms with van der Waals surface area (Å²) in [5, 5.41) is 0. The predicted octanol–water partition coefficient (Wildman–Crippen LogP) is 4.15. The normalized spacial score (nSPS) is 10.9. The summed E-state index contributed by atoms with van der Waals surface area (Å²) < 4.78 is 2.19. The highest BCUT2D eigenvalue weighted by molar-refractivity contribution is 9.11. The molecule has 0 aliphatic rings. The van der Waals surface area contributed by atoms with Crippen LogP contribution in [0.5, 0.6) is 0 Å². The number of hydrogen-bond acceptors (Lipinski definition) is 1. The summed E-state index contributed by atoms with van der Waals surface area (Å²) in [7, 11) is 0. The lowest BCUT2D eigenvalue weighted by Gasteiger charge is -2.00. The van der Waals surface area contributed by atoms with Gasteiger partial charge in [-0.2, -0.15) is 12.6 Å². The zero-order valence-electron chi connectivity index (χ0n) is 6.30. The molecule has 0 nitrogen and oxygen atoms in total. The maximum absolute atomic E-state index is 4.10. The minimum atomic E-state index is 0.758. The zero-order chi connectivity index (χ0) is 8.97. The lowest BCUT2D eigenvalue weighted by atomic mass is 10.2. The maximum atomic E-state index is 4.10. The van der Waals surface area contributed by atoms with Gasteiger partial charge in [0.05, 0.1) is 0 Å². The Kier molecular flexibility index (Phi) is 4.40. The zero-order valence-corrected chi connectivity index (χ0v) is 10.4. The van der Waals surface area contributed by atoms with Gasteiger partial charge in [0.2, 0.25) is 0 Å². The topological polar surface area (TPSA) is 0 Å². The molecular weight excluding hydrogens is 300 g/mol. The number of halogens is 2. The summed E-state index contributed by atoms with van der Waals surface area (Å²) in [6.07, 6.45) is 4.05. The first-order chi connectivity index (χ1) is 5.75. The molecule has 0 N–H and O–H groups in total. The predicted molar refractivity (Wildman–Crippen MR) is 64.7 cm³/mol. The molecule has 0 saturated carbocycles. The van der Waals surface area contributed by atoms with Gasteiger partial charge < -0.3 is 0 Å². The van der Waals surface area contributed by atoms with Crippen molar-refractivity contribution in [3.05, 3.63) is 38.8 Å². The summed E-state index contributed by atoms with van der Waals surface area (Å²) in [5.74, 6) is 0.758. The van der Waals surface area contributed by atoms with Crippen molar-refractivity contribution in [2.45, 2.75) is 0 Å². The Hall–Kier alpha value is 0.270. The van der Waals surface area contributed by atoms with Crippen LogP contribution in [-0.4, -0.2) is 5.75 Å². The molecule has 0 aliphatic carbocycles. The molecule has 64 valence electrons. The van der Waals surface area contributed by atoms with E-state index in [1.807, 2.05) is 30.4 Å². The Bertz CT molecular complexity index is 274. The highest BCUT2D eigenvalue weighted by Gasteiger charge is 1.98. The van der Waals surface area contributed by atoms with Gasteiger partial charge >= 0.3 is 0 Å². The number of benzene rings is 1. The van der Waals surface area contributed by atoms with Crippen LogP contribution in [0.3, 0.4) is 0 Å². The van der Waals surface area contributed by atoms with E-state index in [0.717, 1.165) is 20.3 Å². The Morgan fingerprint density at radius 2 is 1.83 bits per heavy atom. The van der Waals surface area contributed by atoms with Gasteiger partial charge in [-0.05, 0) is 12.1 Å². The summed E-state index contributed by atoms with van der Waals surface area (Å²) >= 11 is 11.0. The number of thiol groups is 1. The van der Waals surface area contributed by atoms with E-state index in [2.05, 4.69) is 44.5 Å². The van der Waals surface area contributed by atoms with Crippen LogP contribution in [0.4, 0.5) is 0 Å². The minimum Gasteiger partial charge on any atom is -0.175 e. The Balaban J connectivity index is 3.04. The Labute approximate surface area is 94.7 Å². The first-order valence-electron chi connectivity index (χ1n) is 3.47. The third-order valence-electron chi connectivity index (χ3n) is 1.39. The molecule has 12 heavy (non-hydrogen) atoms. The highest BCUT2D eigenvalue weighted by Crippen LogP contribution is 2.26. The van der Waals surface area contributed by atoms with Crippen LogP contribution in [0.1, 0.15) is 5.56 Å². The van der Waals surface area contributed by atoms with Gasteiger partial charge in [0.1, 0.15) is 0 Å². The van der Waals surface area contributed by atoms with Gasteiger partial charge in [-0.25, -0.2) is 0 Å². The van der Waals surface area contributed by atoms with Gasteiger partial charge in [0.25, 0.3) is 0 Å². The molecule has 0 radical (unpaired) electrons. The third kappa shape index (κ3) is 2.64. The molecule has 0 fully saturated rings. The van der Waals surface area contributed by atoms with Crippen molar-refractivity contribution in [3.8, 4) is 0 Å². The lowest BCUT2D eigenvalue weighted by Crippen LogP contribution is -1.77. The van der Waals surface area contributed by atoms with Gasteiger partial charge in [0, 0.05) is 20.3 Å². The fourth-order valence-corrected chi connectivity index (χ4v) is 2.21. The molecule has 0 spiro atoms. The lowest BCUT2D eigenvalue weighted by molar-refractivity contribution is 1.55. The van der Waals surface area contributed by atoms with Crippen LogP contribution in [0, 0.1) is 0 Å². The molecule has 1 aromatic carbocycles. The smallest absolute Gasteiger partial charge is 0.0258 e. The summed E-state index contributed by atoms with van der Waals surface area (Å²) in [6.45, 7) is 0. The van der Waals surface area contributed by atoms with Gasteiger partial charge in [-0.3, -0.25) is 0 Å². The van der Waals surface area contributed by atoms with Crippen molar-refractivity contribution in [3.63, 3.8) is 0 Å². The van der Waals surface area contributed by atoms with Crippen LogP contribution >= 0.6 is 44.5 Å². The van der Waals surface area contributed by atoms with Crippen LogP contribution < -0.4 is 0 Å².